The monoisotopic (exact) mass is 438 g/mol. The Balaban J connectivity index is 1.58. The number of ether oxygens (including phenoxy) is 1. The molecular formula is C24H30N4O4. The van der Waals surface area contributed by atoms with Crippen LogP contribution in [-0.4, -0.2) is 44.6 Å². The van der Waals surface area contributed by atoms with Crippen molar-refractivity contribution in [1.82, 2.24) is 14.8 Å². The van der Waals surface area contributed by atoms with Crippen LogP contribution in [0.5, 0.6) is 5.75 Å². The maximum absolute atomic E-state index is 12.9. The van der Waals surface area contributed by atoms with Crippen molar-refractivity contribution in [2.75, 3.05) is 19.0 Å². The zero-order chi connectivity index (χ0) is 22.9. The average Bonchev–Trinajstić information content (AvgIpc) is 3.21. The van der Waals surface area contributed by atoms with Gasteiger partial charge in [-0.1, -0.05) is 6.07 Å². The number of hydrogen-bond donors (Lipinski definition) is 3. The fourth-order valence-electron chi connectivity index (χ4n) is 4.21. The number of carbonyl (C=O) groups is 1. The number of rotatable bonds is 6. The van der Waals surface area contributed by atoms with E-state index in [0.717, 1.165) is 36.6 Å². The topological polar surface area (TPSA) is 110 Å². The third-order valence-corrected chi connectivity index (χ3v) is 6.15. The normalized spacial score (nSPS) is 19.2. The molecule has 3 aromatic rings. The predicted octanol–water partition coefficient (Wildman–Crippen LogP) is 3.64. The van der Waals surface area contributed by atoms with E-state index in [-0.39, 0.29) is 18.2 Å². The Labute approximate surface area is 187 Å². The van der Waals surface area contributed by atoms with Crippen LogP contribution in [0.2, 0.25) is 0 Å². The fourth-order valence-corrected chi connectivity index (χ4v) is 4.21. The first kappa shape index (κ1) is 22.2. The second-order valence-electron chi connectivity index (χ2n) is 9.00. The van der Waals surface area contributed by atoms with E-state index in [9.17, 15) is 15.0 Å². The summed E-state index contributed by atoms with van der Waals surface area (Å²) in [5.41, 5.74) is 0.820. The lowest BCUT2D eigenvalue weighted by atomic mass is 9.87. The SMILES string of the molecule is COc1cc2nn(C3CCC(CO)CC3)cc2cc1NC(=O)c1cccc(C(C)(C)O)n1. The van der Waals surface area contributed by atoms with E-state index in [4.69, 9.17) is 9.84 Å². The van der Waals surface area contributed by atoms with E-state index in [1.807, 2.05) is 23.0 Å². The molecule has 1 aliphatic rings. The summed E-state index contributed by atoms with van der Waals surface area (Å²) < 4.78 is 7.50. The number of nitrogens with zero attached hydrogens (tertiary/aromatic N) is 3. The molecule has 1 amide bonds. The maximum Gasteiger partial charge on any atom is 0.274 e. The van der Waals surface area contributed by atoms with E-state index in [1.165, 1.54) is 0 Å². The molecule has 32 heavy (non-hydrogen) atoms. The number of aromatic nitrogens is 3. The molecule has 170 valence electrons. The average molecular weight is 439 g/mol. The Kier molecular flexibility index (Phi) is 6.17. The number of carbonyl (C=O) groups excluding carboxylic acids is 1. The number of nitrogens with one attached hydrogen (secondary N) is 1. The molecule has 0 bridgehead atoms. The van der Waals surface area contributed by atoms with Crippen molar-refractivity contribution in [1.29, 1.82) is 0 Å². The van der Waals surface area contributed by atoms with Gasteiger partial charge in [-0.3, -0.25) is 9.48 Å². The van der Waals surface area contributed by atoms with Gasteiger partial charge >= 0.3 is 0 Å². The van der Waals surface area contributed by atoms with Crippen LogP contribution in [0.3, 0.4) is 0 Å². The van der Waals surface area contributed by atoms with E-state index in [0.29, 0.717) is 29.1 Å². The fraction of sp³-hybridized carbons (Fsp3) is 0.458. The quantitative estimate of drug-likeness (QED) is 0.542. The molecule has 1 aromatic carbocycles. The van der Waals surface area contributed by atoms with Crippen LogP contribution in [-0.2, 0) is 5.60 Å². The Morgan fingerprint density at radius 1 is 1.25 bits per heavy atom. The van der Waals surface area contributed by atoms with Crippen LogP contribution < -0.4 is 10.1 Å². The molecular weight excluding hydrogens is 408 g/mol. The van der Waals surface area contributed by atoms with Gasteiger partial charge in [0.1, 0.15) is 17.0 Å². The van der Waals surface area contributed by atoms with Gasteiger partial charge < -0.3 is 20.3 Å². The van der Waals surface area contributed by atoms with Gasteiger partial charge in [0.05, 0.1) is 30.0 Å². The van der Waals surface area contributed by atoms with E-state index < -0.39 is 5.60 Å². The molecule has 8 nitrogen and oxygen atoms in total. The minimum atomic E-state index is -1.14. The number of amides is 1. The summed E-state index contributed by atoms with van der Waals surface area (Å²) >= 11 is 0. The molecule has 4 rings (SSSR count). The Bertz CT molecular complexity index is 1110. The number of methoxy groups -OCH3 is 1. The van der Waals surface area contributed by atoms with Crippen molar-refractivity contribution in [2.45, 2.75) is 51.2 Å². The number of fused-ring (bicyclic) bond motifs is 1. The summed E-state index contributed by atoms with van der Waals surface area (Å²) in [6.07, 6.45) is 5.98. The van der Waals surface area contributed by atoms with Crippen molar-refractivity contribution >= 4 is 22.5 Å². The molecule has 0 atom stereocenters. The van der Waals surface area contributed by atoms with Crippen molar-refractivity contribution in [3.05, 3.63) is 47.9 Å². The Morgan fingerprint density at radius 3 is 2.66 bits per heavy atom. The van der Waals surface area contributed by atoms with Crippen molar-refractivity contribution < 1.29 is 19.7 Å². The van der Waals surface area contributed by atoms with Gasteiger partial charge in [-0.2, -0.15) is 5.10 Å². The lowest BCUT2D eigenvalue weighted by molar-refractivity contribution is 0.0735. The first-order valence-electron chi connectivity index (χ1n) is 11.0. The standard InChI is InChI=1S/C24H30N4O4/c1-24(2,31)22-6-4-5-18(25-22)23(30)26-20-11-16-13-28(27-19(16)12-21(20)32-3)17-9-7-15(14-29)8-10-17/h4-6,11-13,15,17,29,31H,7-10,14H2,1-3H3,(H,26,30). The van der Waals surface area contributed by atoms with Crippen LogP contribution in [0, 0.1) is 5.92 Å². The first-order chi connectivity index (χ1) is 15.3. The van der Waals surface area contributed by atoms with Crippen LogP contribution in [0.1, 0.15) is 61.8 Å². The number of benzene rings is 1. The Hall–Kier alpha value is -2.97. The second kappa shape index (κ2) is 8.88. The summed E-state index contributed by atoms with van der Waals surface area (Å²) in [7, 11) is 1.55. The largest absolute Gasteiger partial charge is 0.494 e. The smallest absolute Gasteiger partial charge is 0.274 e. The number of pyridine rings is 1. The van der Waals surface area contributed by atoms with Gasteiger partial charge in [-0.15, -0.1) is 0 Å². The molecule has 0 spiro atoms. The number of aliphatic hydroxyl groups excluding tert-OH is 1. The minimum Gasteiger partial charge on any atom is -0.494 e. The minimum absolute atomic E-state index is 0.211. The molecule has 0 radical (unpaired) electrons. The molecule has 1 aliphatic carbocycles. The summed E-state index contributed by atoms with van der Waals surface area (Å²) in [4.78, 5) is 17.2. The van der Waals surface area contributed by atoms with Gasteiger partial charge in [-0.05, 0) is 63.6 Å². The van der Waals surface area contributed by atoms with Gasteiger partial charge in [-0.25, -0.2) is 4.98 Å². The zero-order valence-electron chi connectivity index (χ0n) is 18.7. The summed E-state index contributed by atoms with van der Waals surface area (Å²) in [5, 5.41) is 28.1. The van der Waals surface area contributed by atoms with E-state index >= 15 is 0 Å². The van der Waals surface area contributed by atoms with Gasteiger partial charge in [0, 0.05) is 24.3 Å². The second-order valence-corrected chi connectivity index (χ2v) is 9.00. The van der Waals surface area contributed by atoms with Crippen LogP contribution in [0.15, 0.2) is 36.5 Å². The van der Waals surface area contributed by atoms with Gasteiger partial charge in [0.15, 0.2) is 0 Å². The Morgan fingerprint density at radius 2 is 2.00 bits per heavy atom. The molecule has 3 N–H and O–H groups in total. The number of aliphatic hydroxyl groups is 2. The molecule has 8 heteroatoms. The lowest BCUT2D eigenvalue weighted by Crippen LogP contribution is -2.21. The predicted molar refractivity (Wildman–Crippen MR) is 122 cm³/mol. The van der Waals surface area contributed by atoms with Crippen LogP contribution in [0.4, 0.5) is 5.69 Å². The molecule has 2 aromatic heterocycles. The maximum atomic E-state index is 12.9. The highest BCUT2D eigenvalue weighted by molar-refractivity contribution is 6.05. The zero-order valence-corrected chi connectivity index (χ0v) is 18.7. The molecule has 0 unspecified atom stereocenters. The van der Waals surface area contributed by atoms with Gasteiger partial charge in [0.2, 0.25) is 0 Å². The molecule has 0 aliphatic heterocycles. The molecule has 1 saturated carbocycles. The lowest BCUT2D eigenvalue weighted by Gasteiger charge is -2.27. The van der Waals surface area contributed by atoms with Crippen molar-refractivity contribution in [2.24, 2.45) is 5.92 Å². The molecule has 2 heterocycles. The van der Waals surface area contributed by atoms with E-state index in [2.05, 4.69) is 10.3 Å². The highest BCUT2D eigenvalue weighted by Crippen LogP contribution is 2.35. The third-order valence-electron chi connectivity index (χ3n) is 6.15. The first-order valence-corrected chi connectivity index (χ1v) is 11.0. The number of anilines is 1. The highest BCUT2D eigenvalue weighted by atomic mass is 16.5. The van der Waals surface area contributed by atoms with E-state index in [1.54, 1.807) is 39.2 Å². The summed E-state index contributed by atoms with van der Waals surface area (Å²) in [6, 6.07) is 8.98. The van der Waals surface area contributed by atoms with Crippen LogP contribution in [0.25, 0.3) is 10.9 Å². The van der Waals surface area contributed by atoms with Crippen molar-refractivity contribution in [3.63, 3.8) is 0 Å². The highest BCUT2D eigenvalue weighted by Gasteiger charge is 2.24. The summed E-state index contributed by atoms with van der Waals surface area (Å²) in [5.74, 6) is 0.517. The third kappa shape index (κ3) is 4.61. The van der Waals surface area contributed by atoms with Crippen molar-refractivity contribution in [3.8, 4) is 5.75 Å². The summed E-state index contributed by atoms with van der Waals surface area (Å²) in [6.45, 7) is 3.51. The van der Waals surface area contributed by atoms with Gasteiger partial charge in [0.25, 0.3) is 5.91 Å². The molecule has 1 fully saturated rings. The molecule has 0 saturated heterocycles. The van der Waals surface area contributed by atoms with Crippen LogP contribution >= 0.6 is 0 Å². The number of hydrogen-bond acceptors (Lipinski definition) is 6.